The van der Waals surface area contributed by atoms with Gasteiger partial charge in [-0.05, 0) is 32.5 Å². The Hall–Kier alpha value is -0.160. The van der Waals surface area contributed by atoms with Crippen LogP contribution in [0.4, 0.5) is 4.70 Å². The Labute approximate surface area is 232 Å². The van der Waals surface area contributed by atoms with Gasteiger partial charge in [0.05, 0.1) is 19.8 Å². The summed E-state index contributed by atoms with van der Waals surface area (Å²) in [5, 5.41) is 27.5. The summed E-state index contributed by atoms with van der Waals surface area (Å²) in [5.74, 6) is 0. The van der Waals surface area contributed by atoms with Crippen LogP contribution < -0.4 is 0 Å². The molecule has 11 heteroatoms. The van der Waals surface area contributed by atoms with E-state index < -0.39 is 7.82 Å². The Morgan fingerprint density at radius 3 is 0.974 bits per heavy atom. The number of hydrogen-bond donors (Lipinski definition) is 6. The molecule has 0 atom stereocenters. The fourth-order valence-electron chi connectivity index (χ4n) is 4.50. The molecule has 9 nitrogen and oxygen atoms in total. The van der Waals surface area contributed by atoms with Gasteiger partial charge in [0, 0.05) is 19.6 Å². The van der Waals surface area contributed by atoms with Crippen LogP contribution in [0.2, 0.25) is 0 Å². The highest BCUT2D eigenvalue weighted by molar-refractivity contribution is 7.45. The molecule has 0 fully saturated rings. The molecule has 0 aromatic carbocycles. The van der Waals surface area contributed by atoms with Gasteiger partial charge >= 0.3 is 7.82 Å². The Morgan fingerprint density at radius 1 is 0.447 bits per heavy atom. The van der Waals surface area contributed by atoms with Crippen LogP contribution in [-0.2, 0) is 4.57 Å². The van der Waals surface area contributed by atoms with Crippen molar-refractivity contribution in [3.8, 4) is 0 Å². The zero-order valence-corrected chi connectivity index (χ0v) is 25.1. The predicted octanol–water partition coefficient (Wildman–Crippen LogP) is 4.44. The molecule has 0 aliphatic heterocycles. The topological polar surface area (TPSA) is 145 Å². The van der Waals surface area contributed by atoms with Gasteiger partial charge in [-0.25, -0.2) is 4.57 Å². The van der Waals surface area contributed by atoms with Crippen molar-refractivity contribution in [3.63, 3.8) is 0 Å². The standard InChI is InChI=1S/C27H58N2O3.FH.H3O4P/c1-2-3-4-5-6-7-8-9-10-11-12-13-14-15-16-17-19-28(22-25-30)20-18-21-29(23-26-31)24-27-32;;1-5(2,3)4/h30-32H,2-27H2,1H3;1H;(H3,1,2,3,4). The largest absolute Gasteiger partial charge is 0.466 e. The summed E-state index contributed by atoms with van der Waals surface area (Å²) in [5.41, 5.74) is 0. The van der Waals surface area contributed by atoms with Crippen LogP contribution in [0.3, 0.4) is 0 Å². The third-order valence-corrected chi connectivity index (χ3v) is 6.53. The number of hydrogen-bond acceptors (Lipinski definition) is 6. The highest BCUT2D eigenvalue weighted by Gasteiger charge is 2.07. The lowest BCUT2D eigenvalue weighted by molar-refractivity contribution is 0.147. The van der Waals surface area contributed by atoms with Crippen LogP contribution >= 0.6 is 7.82 Å². The molecule has 0 unspecified atom stereocenters. The molecule has 0 aliphatic rings. The molecule has 234 valence electrons. The van der Waals surface area contributed by atoms with E-state index in [4.69, 9.17) is 29.5 Å². The van der Waals surface area contributed by atoms with Gasteiger partial charge in [0.15, 0.2) is 0 Å². The maximum atomic E-state index is 9.33. The molecule has 38 heavy (non-hydrogen) atoms. The van der Waals surface area contributed by atoms with Crippen LogP contribution in [0.1, 0.15) is 116 Å². The van der Waals surface area contributed by atoms with E-state index in [-0.39, 0.29) is 24.5 Å². The van der Waals surface area contributed by atoms with E-state index in [1.807, 2.05) is 0 Å². The first-order valence-electron chi connectivity index (χ1n) is 14.8. The Kier molecular flexibility index (Phi) is 36.8. The van der Waals surface area contributed by atoms with Gasteiger partial charge < -0.3 is 34.9 Å². The number of aliphatic hydroxyl groups excluding tert-OH is 3. The Balaban J connectivity index is -0.00000185. The first-order valence-corrected chi connectivity index (χ1v) is 16.4. The minimum absolute atomic E-state index is 0. The molecule has 0 aromatic heterocycles. The molecule has 0 aromatic rings. The third kappa shape index (κ3) is 40.3. The highest BCUT2D eigenvalue weighted by atomic mass is 31.2. The summed E-state index contributed by atoms with van der Waals surface area (Å²) < 4.78 is 8.88. The number of nitrogens with zero attached hydrogens (tertiary/aromatic N) is 2. The van der Waals surface area contributed by atoms with Gasteiger partial charge in [-0.2, -0.15) is 0 Å². The van der Waals surface area contributed by atoms with Crippen LogP contribution in [0.25, 0.3) is 0 Å². The summed E-state index contributed by atoms with van der Waals surface area (Å²) in [6.07, 6.45) is 23.3. The number of phosphoric acid groups is 1. The summed E-state index contributed by atoms with van der Waals surface area (Å²) in [7, 11) is -4.64. The lowest BCUT2D eigenvalue weighted by atomic mass is 10.0. The van der Waals surface area contributed by atoms with E-state index in [2.05, 4.69) is 16.7 Å². The minimum atomic E-state index is -4.64. The van der Waals surface area contributed by atoms with E-state index >= 15 is 0 Å². The fraction of sp³-hybridized carbons (Fsp3) is 1.00. The normalized spacial score (nSPS) is 11.5. The van der Waals surface area contributed by atoms with E-state index in [9.17, 15) is 5.11 Å². The fourth-order valence-corrected chi connectivity index (χ4v) is 4.50. The third-order valence-electron chi connectivity index (χ3n) is 6.53. The van der Waals surface area contributed by atoms with Gasteiger partial charge in [0.25, 0.3) is 0 Å². The monoisotopic (exact) mass is 576 g/mol. The van der Waals surface area contributed by atoms with Crippen LogP contribution in [0.15, 0.2) is 0 Å². The second-order valence-corrected chi connectivity index (χ2v) is 11.1. The van der Waals surface area contributed by atoms with E-state index in [0.29, 0.717) is 13.1 Å². The molecule has 6 N–H and O–H groups in total. The average Bonchev–Trinajstić information content (AvgIpc) is 2.83. The molecule has 0 radical (unpaired) electrons. The van der Waals surface area contributed by atoms with Crippen molar-refractivity contribution >= 4 is 7.82 Å². The van der Waals surface area contributed by atoms with Gasteiger partial charge in [-0.15, -0.1) is 0 Å². The van der Waals surface area contributed by atoms with Crippen LogP contribution in [0, 0.1) is 0 Å². The van der Waals surface area contributed by atoms with Crippen molar-refractivity contribution in [1.29, 1.82) is 0 Å². The molecule has 0 bridgehead atoms. The highest BCUT2D eigenvalue weighted by Crippen LogP contribution is 2.25. The van der Waals surface area contributed by atoms with Crippen LogP contribution in [-0.4, -0.2) is 98.9 Å². The zero-order valence-electron chi connectivity index (χ0n) is 24.2. The number of aliphatic hydroxyl groups is 3. The van der Waals surface area contributed by atoms with E-state index in [0.717, 1.165) is 32.6 Å². The van der Waals surface area contributed by atoms with Gasteiger partial charge in [-0.3, -0.25) is 9.60 Å². The maximum absolute atomic E-state index is 9.33. The first-order chi connectivity index (χ1) is 17.8. The van der Waals surface area contributed by atoms with Crippen molar-refractivity contribution in [1.82, 2.24) is 9.80 Å². The quantitative estimate of drug-likeness (QED) is 0.0617. The molecule has 0 saturated carbocycles. The molecule has 0 saturated heterocycles. The summed E-state index contributed by atoms with van der Waals surface area (Å²) in [6, 6.07) is 0. The smallest absolute Gasteiger partial charge is 0.395 e. The SMILES string of the molecule is CCCCCCCCCCCCCCCCCCN(CCO)CCCN(CCO)CCO.F.O=P(O)(O)O. The first kappa shape index (κ1) is 42.3. The Bertz CT molecular complexity index is 476. The summed E-state index contributed by atoms with van der Waals surface area (Å²) in [6.45, 7) is 7.72. The minimum Gasteiger partial charge on any atom is -0.395 e. The van der Waals surface area contributed by atoms with Gasteiger partial charge in [0.1, 0.15) is 0 Å². The van der Waals surface area contributed by atoms with Crippen molar-refractivity contribution in [3.05, 3.63) is 0 Å². The molecule has 0 rings (SSSR count). The Morgan fingerprint density at radius 2 is 0.684 bits per heavy atom. The van der Waals surface area contributed by atoms with E-state index in [1.54, 1.807) is 0 Å². The molecular weight excluding hydrogens is 514 g/mol. The lowest BCUT2D eigenvalue weighted by Crippen LogP contribution is -2.35. The zero-order chi connectivity index (χ0) is 28.0. The molecule has 0 amide bonds. The number of unbranched alkanes of at least 4 members (excludes halogenated alkanes) is 15. The second-order valence-electron chi connectivity index (χ2n) is 10.0. The number of rotatable bonds is 27. The average molecular weight is 577 g/mol. The van der Waals surface area contributed by atoms with Crippen molar-refractivity contribution < 1.29 is 39.3 Å². The van der Waals surface area contributed by atoms with Crippen LogP contribution in [0.5, 0.6) is 0 Å². The summed E-state index contributed by atoms with van der Waals surface area (Å²) in [4.78, 5) is 26.0. The predicted molar refractivity (Wildman–Crippen MR) is 155 cm³/mol. The number of halogens is 1. The molecular formula is C27H62FN2O7P. The molecule has 0 heterocycles. The van der Waals surface area contributed by atoms with Crippen molar-refractivity contribution in [2.75, 3.05) is 59.1 Å². The lowest BCUT2D eigenvalue weighted by Gasteiger charge is -2.24. The van der Waals surface area contributed by atoms with Crippen molar-refractivity contribution in [2.24, 2.45) is 0 Å². The maximum Gasteiger partial charge on any atom is 0.466 e. The van der Waals surface area contributed by atoms with Gasteiger partial charge in [0.2, 0.25) is 0 Å². The van der Waals surface area contributed by atoms with Gasteiger partial charge in [-0.1, -0.05) is 103 Å². The second kappa shape index (κ2) is 33.0. The van der Waals surface area contributed by atoms with E-state index in [1.165, 1.54) is 103 Å². The summed E-state index contributed by atoms with van der Waals surface area (Å²) >= 11 is 0. The van der Waals surface area contributed by atoms with Crippen molar-refractivity contribution in [2.45, 2.75) is 116 Å². The molecule has 0 spiro atoms. The molecule has 0 aliphatic carbocycles.